The number of aromatic nitrogens is 2. The molecule has 4 aromatic rings. The predicted octanol–water partition coefficient (Wildman–Crippen LogP) is 5.40. The molecule has 0 atom stereocenters. The molecule has 0 unspecified atom stereocenters. The van der Waals surface area contributed by atoms with Crippen LogP contribution in [0.4, 0.5) is 0 Å². The maximum atomic E-state index is 13.0. The third kappa shape index (κ3) is 3.04. The van der Waals surface area contributed by atoms with Crippen molar-refractivity contribution in [1.82, 2.24) is 9.55 Å². The van der Waals surface area contributed by atoms with Gasteiger partial charge in [-0.1, -0.05) is 30.3 Å². The lowest BCUT2D eigenvalue weighted by molar-refractivity contribution is 0.0990. The molecule has 32 heavy (non-hydrogen) atoms. The van der Waals surface area contributed by atoms with Crippen LogP contribution in [-0.2, 0) is 7.05 Å². The number of nitrogens with zero attached hydrogens (tertiary/aromatic N) is 3. The molecule has 2 heterocycles. The van der Waals surface area contributed by atoms with E-state index >= 15 is 0 Å². The first kappa shape index (κ1) is 19.6. The van der Waals surface area contributed by atoms with Crippen LogP contribution < -0.4 is 0 Å². The van der Waals surface area contributed by atoms with Gasteiger partial charge in [-0.15, -0.1) is 0 Å². The highest BCUT2D eigenvalue weighted by atomic mass is 16.3. The van der Waals surface area contributed by atoms with Crippen LogP contribution in [0.5, 0.6) is 0 Å². The summed E-state index contributed by atoms with van der Waals surface area (Å²) in [6, 6.07) is 13.1. The summed E-state index contributed by atoms with van der Waals surface area (Å²) >= 11 is 0. The molecular formula is C26H19N3O3. The van der Waals surface area contributed by atoms with Gasteiger partial charge < -0.3 is 8.98 Å². The fourth-order valence-electron chi connectivity index (χ4n) is 4.05. The number of aliphatic imine (C=N–C) groups is 1. The Labute approximate surface area is 183 Å². The minimum atomic E-state index is -0.305. The Bertz CT molecular complexity index is 1490. The number of carbonyl (C=O) groups excluding carboxylic acids is 2. The Morgan fingerprint density at radius 2 is 1.75 bits per heavy atom. The van der Waals surface area contributed by atoms with Crippen molar-refractivity contribution >= 4 is 51.9 Å². The van der Waals surface area contributed by atoms with Crippen molar-refractivity contribution in [2.24, 2.45) is 12.0 Å². The maximum Gasteiger partial charge on any atom is 0.222 e. The number of carbonyl (C=O) groups is 2. The lowest BCUT2D eigenvalue weighted by Gasteiger charge is -2.02. The monoisotopic (exact) mass is 421 g/mol. The molecule has 1 aliphatic rings. The third-order valence-corrected chi connectivity index (χ3v) is 5.67. The summed E-state index contributed by atoms with van der Waals surface area (Å²) in [5.74, 6) is -0.385. The SMILES string of the molecule is C=N/C=C\C=C(/C)c1cc2oc(C=C3C(=O)c4cc5ccccc5cc4C3=O)nc2n1C. The number of rotatable bonds is 4. The van der Waals surface area contributed by atoms with Crippen molar-refractivity contribution in [3.05, 3.63) is 89.1 Å². The van der Waals surface area contributed by atoms with E-state index in [2.05, 4.69) is 16.7 Å². The molecule has 1 aliphatic carbocycles. The largest absolute Gasteiger partial charge is 0.435 e. The van der Waals surface area contributed by atoms with Crippen molar-refractivity contribution in [2.45, 2.75) is 6.92 Å². The molecule has 0 fully saturated rings. The second kappa shape index (κ2) is 7.42. The van der Waals surface area contributed by atoms with Gasteiger partial charge in [0.05, 0.1) is 5.57 Å². The highest BCUT2D eigenvalue weighted by Crippen LogP contribution is 2.32. The van der Waals surface area contributed by atoms with Gasteiger partial charge in [0.25, 0.3) is 0 Å². The molecule has 0 amide bonds. The molecule has 0 radical (unpaired) electrons. The van der Waals surface area contributed by atoms with Crippen molar-refractivity contribution in [2.75, 3.05) is 0 Å². The minimum absolute atomic E-state index is 0.0697. The van der Waals surface area contributed by atoms with E-state index in [0.717, 1.165) is 22.0 Å². The highest BCUT2D eigenvalue weighted by Gasteiger charge is 2.34. The van der Waals surface area contributed by atoms with Crippen LogP contribution in [0.3, 0.4) is 0 Å². The zero-order valence-electron chi connectivity index (χ0n) is 17.6. The van der Waals surface area contributed by atoms with Crippen LogP contribution in [0.2, 0.25) is 0 Å². The van der Waals surface area contributed by atoms with Gasteiger partial charge in [0, 0.05) is 42.2 Å². The highest BCUT2D eigenvalue weighted by molar-refractivity contribution is 6.42. The molecule has 5 rings (SSSR count). The van der Waals surface area contributed by atoms with E-state index in [1.807, 2.05) is 54.9 Å². The van der Waals surface area contributed by atoms with E-state index in [1.165, 1.54) is 6.08 Å². The van der Waals surface area contributed by atoms with Gasteiger partial charge in [0.2, 0.25) is 5.89 Å². The summed E-state index contributed by atoms with van der Waals surface area (Å²) in [7, 11) is 1.89. The molecule has 2 aromatic carbocycles. The Hall–Kier alpha value is -4.32. The number of allylic oxidation sites excluding steroid dienone is 4. The van der Waals surface area contributed by atoms with Crippen LogP contribution in [0.1, 0.15) is 39.2 Å². The first-order valence-electron chi connectivity index (χ1n) is 10.1. The normalized spacial score (nSPS) is 14.2. The Morgan fingerprint density at radius 3 is 2.34 bits per heavy atom. The molecule has 0 saturated carbocycles. The van der Waals surface area contributed by atoms with Crippen LogP contribution in [-0.4, -0.2) is 27.8 Å². The fourth-order valence-corrected chi connectivity index (χ4v) is 4.05. The molecule has 0 bridgehead atoms. The lowest BCUT2D eigenvalue weighted by atomic mass is 10.0. The van der Waals surface area contributed by atoms with Crippen molar-refractivity contribution in [1.29, 1.82) is 0 Å². The second-order valence-corrected chi connectivity index (χ2v) is 7.66. The fraction of sp³-hybridized carbons (Fsp3) is 0.0769. The average Bonchev–Trinajstić information content (AvgIpc) is 3.40. The number of hydrogen-bond acceptors (Lipinski definition) is 5. The van der Waals surface area contributed by atoms with Gasteiger partial charge in [-0.3, -0.25) is 14.6 Å². The average molecular weight is 421 g/mol. The Kier molecular flexibility index (Phi) is 4.56. The van der Waals surface area contributed by atoms with E-state index in [9.17, 15) is 9.59 Å². The number of benzene rings is 2. The standard InChI is InChI=1S/C26H19N3O3/c1-15(7-6-10-27-2)21-14-22-26(29(21)3)28-23(32-22)13-20-24(30)18-11-16-8-4-5-9-17(16)12-19(18)25(20)31/h4-14H,2H2,1,3H3/b10-6-,15-7+. The van der Waals surface area contributed by atoms with Gasteiger partial charge in [-0.05, 0) is 48.2 Å². The first-order valence-corrected chi connectivity index (χ1v) is 10.1. The third-order valence-electron chi connectivity index (χ3n) is 5.67. The summed E-state index contributed by atoms with van der Waals surface area (Å²) in [4.78, 5) is 34.1. The Balaban J connectivity index is 1.52. The van der Waals surface area contributed by atoms with Gasteiger partial charge in [0.15, 0.2) is 22.8 Å². The number of aryl methyl sites for hydroxylation is 1. The van der Waals surface area contributed by atoms with E-state index in [1.54, 1.807) is 24.4 Å². The van der Waals surface area contributed by atoms with Crippen molar-refractivity contribution in [3.63, 3.8) is 0 Å². The number of oxazole rings is 1. The zero-order valence-corrected chi connectivity index (χ0v) is 17.6. The number of fused-ring (bicyclic) bond motifs is 3. The molecule has 156 valence electrons. The molecule has 0 aliphatic heterocycles. The second-order valence-electron chi connectivity index (χ2n) is 7.66. The molecule has 6 heteroatoms. The molecule has 0 spiro atoms. The van der Waals surface area contributed by atoms with E-state index < -0.39 is 0 Å². The Morgan fingerprint density at radius 1 is 1.09 bits per heavy atom. The first-order chi connectivity index (χ1) is 15.5. The van der Waals surface area contributed by atoms with Crippen LogP contribution in [0.25, 0.3) is 33.7 Å². The van der Waals surface area contributed by atoms with Gasteiger partial charge in [-0.25, -0.2) is 0 Å². The number of ketones is 2. The predicted molar refractivity (Wildman–Crippen MR) is 126 cm³/mol. The number of Topliss-reactive ketones (excluding diaryl/α,β-unsaturated/α-hetero) is 2. The summed E-state index contributed by atoms with van der Waals surface area (Å²) in [6.45, 7) is 5.39. The molecular weight excluding hydrogens is 402 g/mol. The quantitative estimate of drug-likeness (QED) is 0.191. The lowest BCUT2D eigenvalue weighted by Crippen LogP contribution is -2.00. The maximum absolute atomic E-state index is 13.0. The molecule has 0 N–H and O–H groups in total. The van der Waals surface area contributed by atoms with Gasteiger partial charge in [-0.2, -0.15) is 4.98 Å². The number of hydrogen-bond donors (Lipinski definition) is 0. The van der Waals surface area contributed by atoms with E-state index in [0.29, 0.717) is 22.4 Å². The zero-order chi connectivity index (χ0) is 22.4. The van der Waals surface area contributed by atoms with Crippen molar-refractivity contribution in [3.8, 4) is 0 Å². The van der Waals surface area contributed by atoms with Crippen molar-refractivity contribution < 1.29 is 14.0 Å². The summed E-state index contributed by atoms with van der Waals surface area (Å²) in [5, 5.41) is 1.84. The van der Waals surface area contributed by atoms with Gasteiger partial charge >= 0.3 is 0 Å². The molecule has 0 saturated heterocycles. The van der Waals surface area contributed by atoms with Crippen LogP contribution in [0, 0.1) is 0 Å². The van der Waals surface area contributed by atoms with Crippen LogP contribution >= 0.6 is 0 Å². The smallest absolute Gasteiger partial charge is 0.222 e. The topological polar surface area (TPSA) is 77.5 Å². The summed E-state index contributed by atoms with van der Waals surface area (Å²) < 4.78 is 7.76. The van der Waals surface area contributed by atoms with Crippen LogP contribution in [0.15, 0.2) is 75.8 Å². The summed E-state index contributed by atoms with van der Waals surface area (Å²) in [6.07, 6.45) is 6.77. The molecule has 6 nitrogen and oxygen atoms in total. The van der Waals surface area contributed by atoms with E-state index in [4.69, 9.17) is 4.42 Å². The molecule has 2 aromatic heterocycles. The summed E-state index contributed by atoms with van der Waals surface area (Å²) in [5.41, 5.74) is 4.05. The van der Waals surface area contributed by atoms with Gasteiger partial charge in [0.1, 0.15) is 0 Å². The minimum Gasteiger partial charge on any atom is -0.435 e. The van der Waals surface area contributed by atoms with E-state index in [-0.39, 0.29) is 23.0 Å².